The maximum absolute atomic E-state index is 12.2. The van der Waals surface area contributed by atoms with Crippen molar-refractivity contribution in [3.8, 4) is 11.5 Å². The second kappa shape index (κ2) is 5.53. The summed E-state index contributed by atoms with van der Waals surface area (Å²) in [6.45, 7) is 0.673. The third-order valence-corrected chi connectivity index (χ3v) is 3.39. The van der Waals surface area contributed by atoms with Crippen LogP contribution in [0.4, 0.5) is 5.69 Å². The highest BCUT2D eigenvalue weighted by Gasteiger charge is 2.16. The lowest BCUT2D eigenvalue weighted by Crippen LogP contribution is -2.10. The van der Waals surface area contributed by atoms with Crippen LogP contribution in [0, 0.1) is 0 Å². The Morgan fingerprint density at radius 1 is 1.22 bits per heavy atom. The highest BCUT2D eigenvalue weighted by atomic mass is 16.7. The maximum atomic E-state index is 12.2. The van der Waals surface area contributed by atoms with Gasteiger partial charge in [-0.15, -0.1) is 0 Å². The van der Waals surface area contributed by atoms with Gasteiger partial charge < -0.3 is 19.2 Å². The van der Waals surface area contributed by atoms with Gasteiger partial charge in [0.05, 0.1) is 6.54 Å². The highest BCUT2D eigenvalue weighted by molar-refractivity contribution is 6.02. The van der Waals surface area contributed by atoms with Gasteiger partial charge in [0.25, 0.3) is 5.91 Å². The first-order valence-electron chi connectivity index (χ1n) is 7.05. The number of hydrogen-bond donors (Lipinski definition) is 1. The van der Waals surface area contributed by atoms with Crippen LogP contribution in [0.5, 0.6) is 11.5 Å². The van der Waals surface area contributed by atoms with Crippen LogP contribution in [0.3, 0.4) is 0 Å². The number of amides is 1. The van der Waals surface area contributed by atoms with Crippen molar-refractivity contribution in [3.63, 3.8) is 0 Å². The molecule has 3 aromatic rings. The lowest BCUT2D eigenvalue weighted by atomic mass is 10.2. The Bertz CT molecular complexity index is 839. The SMILES string of the molecule is O=C(Nc1ccc2c(c1)OCO2)c1ccc(Cn2cccn2)o1. The van der Waals surface area contributed by atoms with E-state index in [1.165, 1.54) is 0 Å². The van der Waals surface area contributed by atoms with Crippen LogP contribution in [0.1, 0.15) is 16.3 Å². The van der Waals surface area contributed by atoms with Gasteiger partial charge in [-0.25, -0.2) is 0 Å². The molecule has 0 aliphatic carbocycles. The van der Waals surface area contributed by atoms with Crippen molar-refractivity contribution in [1.82, 2.24) is 9.78 Å². The fourth-order valence-corrected chi connectivity index (χ4v) is 2.31. The second-order valence-corrected chi connectivity index (χ2v) is 4.99. The monoisotopic (exact) mass is 311 g/mol. The Morgan fingerprint density at radius 3 is 3.00 bits per heavy atom. The molecule has 1 aliphatic rings. The summed E-state index contributed by atoms with van der Waals surface area (Å²) < 4.78 is 17.8. The first-order valence-corrected chi connectivity index (χ1v) is 7.05. The Hall–Kier alpha value is -3.22. The second-order valence-electron chi connectivity index (χ2n) is 4.99. The number of aromatic nitrogens is 2. The van der Waals surface area contributed by atoms with E-state index in [0.29, 0.717) is 29.5 Å². The minimum atomic E-state index is -0.324. The van der Waals surface area contributed by atoms with Gasteiger partial charge in [0.15, 0.2) is 17.3 Å². The van der Waals surface area contributed by atoms with Gasteiger partial charge in [0.2, 0.25) is 6.79 Å². The number of carbonyl (C=O) groups is 1. The summed E-state index contributed by atoms with van der Waals surface area (Å²) in [7, 11) is 0. The number of furan rings is 1. The Morgan fingerprint density at radius 2 is 2.13 bits per heavy atom. The lowest BCUT2D eigenvalue weighted by molar-refractivity contribution is 0.0994. The summed E-state index contributed by atoms with van der Waals surface area (Å²) in [5.74, 6) is 1.86. The molecule has 0 saturated heterocycles. The van der Waals surface area contributed by atoms with Gasteiger partial charge in [-0.05, 0) is 30.3 Å². The molecule has 0 fully saturated rings. The smallest absolute Gasteiger partial charge is 0.291 e. The van der Waals surface area contributed by atoms with E-state index in [9.17, 15) is 4.79 Å². The molecule has 0 radical (unpaired) electrons. The van der Waals surface area contributed by atoms with Gasteiger partial charge in [0, 0.05) is 24.1 Å². The molecule has 23 heavy (non-hydrogen) atoms. The third-order valence-electron chi connectivity index (χ3n) is 3.39. The van der Waals surface area contributed by atoms with Crippen LogP contribution in [-0.4, -0.2) is 22.5 Å². The molecular weight excluding hydrogens is 298 g/mol. The van der Waals surface area contributed by atoms with Crippen LogP contribution in [0.2, 0.25) is 0 Å². The standard InChI is InChI=1S/C16H13N3O4/c20-16(18-11-2-4-13-15(8-11)22-10-21-13)14-5-3-12(23-14)9-19-7-1-6-17-19/h1-8H,9-10H2,(H,18,20). The molecule has 7 heteroatoms. The fourth-order valence-electron chi connectivity index (χ4n) is 2.31. The summed E-state index contributed by atoms with van der Waals surface area (Å²) in [5.41, 5.74) is 0.615. The van der Waals surface area contributed by atoms with Gasteiger partial charge in [-0.3, -0.25) is 9.48 Å². The van der Waals surface area contributed by atoms with Crippen molar-refractivity contribution in [2.24, 2.45) is 0 Å². The summed E-state index contributed by atoms with van der Waals surface area (Å²) in [6, 6.07) is 10.4. The van der Waals surface area contributed by atoms with Crippen LogP contribution in [0.15, 0.2) is 53.2 Å². The fraction of sp³-hybridized carbons (Fsp3) is 0.125. The van der Waals surface area contributed by atoms with Crippen molar-refractivity contribution in [1.29, 1.82) is 0 Å². The van der Waals surface area contributed by atoms with E-state index in [2.05, 4.69) is 10.4 Å². The minimum absolute atomic E-state index is 0.196. The molecule has 116 valence electrons. The van der Waals surface area contributed by atoms with E-state index in [0.717, 1.165) is 0 Å². The number of hydrogen-bond acceptors (Lipinski definition) is 5. The first kappa shape index (κ1) is 13.4. The first-order chi connectivity index (χ1) is 11.3. The van der Waals surface area contributed by atoms with E-state index >= 15 is 0 Å². The number of nitrogens with one attached hydrogen (secondary N) is 1. The summed E-state index contributed by atoms with van der Waals surface area (Å²) in [6.07, 6.45) is 3.52. The molecule has 4 rings (SSSR count). The highest BCUT2D eigenvalue weighted by Crippen LogP contribution is 2.34. The largest absolute Gasteiger partial charge is 0.454 e. The van der Waals surface area contributed by atoms with Gasteiger partial charge >= 0.3 is 0 Å². The number of carbonyl (C=O) groups excluding carboxylic acids is 1. The number of rotatable bonds is 4. The molecule has 3 heterocycles. The number of ether oxygens (including phenoxy) is 2. The van der Waals surface area contributed by atoms with E-state index < -0.39 is 0 Å². The van der Waals surface area contributed by atoms with Crippen molar-refractivity contribution >= 4 is 11.6 Å². The topological polar surface area (TPSA) is 78.5 Å². The van der Waals surface area contributed by atoms with Crippen molar-refractivity contribution < 1.29 is 18.7 Å². The van der Waals surface area contributed by atoms with E-state index in [1.54, 1.807) is 41.2 Å². The molecule has 0 bridgehead atoms. The van der Waals surface area contributed by atoms with E-state index in [4.69, 9.17) is 13.9 Å². The van der Waals surface area contributed by atoms with Crippen molar-refractivity contribution in [3.05, 3.63) is 60.3 Å². The summed E-state index contributed by atoms with van der Waals surface area (Å²) in [4.78, 5) is 12.2. The average Bonchev–Trinajstić information content (AvgIpc) is 3.28. The zero-order chi connectivity index (χ0) is 15.6. The molecule has 1 N–H and O–H groups in total. The van der Waals surface area contributed by atoms with E-state index in [-0.39, 0.29) is 18.5 Å². The van der Waals surface area contributed by atoms with Crippen LogP contribution in [-0.2, 0) is 6.54 Å². The molecule has 0 saturated carbocycles. The van der Waals surface area contributed by atoms with Crippen LogP contribution in [0.25, 0.3) is 0 Å². The Labute approximate surface area is 131 Å². The molecule has 1 aliphatic heterocycles. The number of benzene rings is 1. The lowest BCUT2D eigenvalue weighted by Gasteiger charge is -2.04. The van der Waals surface area contributed by atoms with E-state index in [1.807, 2.05) is 12.3 Å². The number of nitrogens with zero attached hydrogens (tertiary/aromatic N) is 2. The quantitative estimate of drug-likeness (QED) is 0.801. The van der Waals surface area contributed by atoms with Crippen molar-refractivity contribution in [2.75, 3.05) is 12.1 Å². The third kappa shape index (κ3) is 2.76. The molecule has 0 spiro atoms. The predicted octanol–water partition coefficient (Wildman–Crippen LogP) is 2.51. The zero-order valence-corrected chi connectivity index (χ0v) is 12.1. The normalized spacial score (nSPS) is 12.3. The zero-order valence-electron chi connectivity index (χ0n) is 12.1. The van der Waals surface area contributed by atoms with Crippen molar-refractivity contribution in [2.45, 2.75) is 6.54 Å². The summed E-state index contributed by atoms with van der Waals surface area (Å²) in [5, 5.41) is 6.87. The molecule has 2 aromatic heterocycles. The molecule has 0 atom stereocenters. The Kier molecular flexibility index (Phi) is 3.23. The van der Waals surface area contributed by atoms with Gasteiger partial charge in [0.1, 0.15) is 5.76 Å². The predicted molar refractivity (Wildman–Crippen MR) is 80.6 cm³/mol. The van der Waals surface area contributed by atoms with Crippen LogP contribution >= 0.6 is 0 Å². The number of fused-ring (bicyclic) bond motifs is 1. The Balaban J connectivity index is 1.46. The minimum Gasteiger partial charge on any atom is -0.454 e. The molecule has 0 unspecified atom stereocenters. The van der Waals surface area contributed by atoms with Gasteiger partial charge in [-0.2, -0.15) is 5.10 Å². The number of anilines is 1. The maximum Gasteiger partial charge on any atom is 0.291 e. The van der Waals surface area contributed by atoms with Crippen LogP contribution < -0.4 is 14.8 Å². The molecular formula is C16H13N3O4. The molecule has 1 aromatic carbocycles. The molecule has 1 amide bonds. The average molecular weight is 311 g/mol. The molecule has 7 nitrogen and oxygen atoms in total. The van der Waals surface area contributed by atoms with Gasteiger partial charge in [-0.1, -0.05) is 0 Å². The summed E-state index contributed by atoms with van der Waals surface area (Å²) >= 11 is 0.